The Bertz CT molecular complexity index is 955. The molecule has 2 aromatic rings. The normalized spacial score (nSPS) is 14.5. The van der Waals surface area contributed by atoms with Gasteiger partial charge in [-0.05, 0) is 37.8 Å². The average molecular weight is 455 g/mol. The Morgan fingerprint density at radius 1 is 1.21 bits per heavy atom. The summed E-state index contributed by atoms with van der Waals surface area (Å²) in [4.78, 5) is 27.9. The summed E-state index contributed by atoms with van der Waals surface area (Å²) >= 11 is 0. The molecule has 2 amide bonds. The largest absolute Gasteiger partial charge is 0.385 e. The minimum absolute atomic E-state index is 0.0306. The van der Waals surface area contributed by atoms with Crippen LogP contribution in [-0.2, 0) is 19.7 Å². The summed E-state index contributed by atoms with van der Waals surface area (Å²) in [6.07, 6.45) is 4.70. The molecule has 0 unspecified atom stereocenters. The predicted octanol–water partition coefficient (Wildman–Crippen LogP) is 4.47. The van der Waals surface area contributed by atoms with Crippen LogP contribution in [0.1, 0.15) is 64.1 Å². The van der Waals surface area contributed by atoms with Crippen molar-refractivity contribution in [1.29, 1.82) is 0 Å². The molecule has 7 heteroatoms. The molecule has 0 radical (unpaired) electrons. The van der Waals surface area contributed by atoms with Crippen LogP contribution in [0.25, 0.3) is 5.69 Å². The molecule has 1 fully saturated rings. The third kappa shape index (κ3) is 6.44. The third-order valence-electron chi connectivity index (χ3n) is 6.22. The van der Waals surface area contributed by atoms with E-state index in [0.717, 1.165) is 42.6 Å². The van der Waals surface area contributed by atoms with Gasteiger partial charge in [-0.25, -0.2) is 4.68 Å². The van der Waals surface area contributed by atoms with E-state index in [2.05, 4.69) is 26.1 Å². The lowest BCUT2D eigenvalue weighted by atomic mass is 9.92. The van der Waals surface area contributed by atoms with Gasteiger partial charge in [0.05, 0.1) is 17.9 Å². The van der Waals surface area contributed by atoms with E-state index in [-0.39, 0.29) is 29.7 Å². The number of amides is 2. The zero-order valence-corrected chi connectivity index (χ0v) is 20.7. The Morgan fingerprint density at radius 3 is 2.55 bits per heavy atom. The second-order valence-electron chi connectivity index (χ2n) is 10.00. The van der Waals surface area contributed by atoms with E-state index in [0.29, 0.717) is 25.4 Å². The van der Waals surface area contributed by atoms with Crippen molar-refractivity contribution in [1.82, 2.24) is 14.7 Å². The molecular formula is C26H38N4O3. The molecule has 33 heavy (non-hydrogen) atoms. The van der Waals surface area contributed by atoms with Gasteiger partial charge in [0, 0.05) is 37.7 Å². The number of nitrogens with one attached hydrogen (secondary N) is 1. The van der Waals surface area contributed by atoms with Crippen molar-refractivity contribution < 1.29 is 14.3 Å². The summed E-state index contributed by atoms with van der Waals surface area (Å²) in [7, 11) is 1.65. The molecule has 1 aromatic heterocycles. The molecule has 0 bridgehead atoms. The lowest BCUT2D eigenvalue weighted by molar-refractivity contribution is -0.138. The van der Waals surface area contributed by atoms with E-state index >= 15 is 0 Å². The molecule has 7 nitrogen and oxygen atoms in total. The lowest BCUT2D eigenvalue weighted by Crippen LogP contribution is -2.41. The number of rotatable bonds is 9. The van der Waals surface area contributed by atoms with Gasteiger partial charge in [0.15, 0.2) is 0 Å². The number of para-hydroxylation sites is 1. The minimum Gasteiger partial charge on any atom is -0.385 e. The van der Waals surface area contributed by atoms with Crippen LogP contribution in [0.5, 0.6) is 0 Å². The molecule has 180 valence electrons. The second-order valence-corrected chi connectivity index (χ2v) is 10.00. The van der Waals surface area contributed by atoms with Crippen LogP contribution in [-0.4, -0.2) is 53.3 Å². The first kappa shape index (κ1) is 25.0. The molecule has 0 atom stereocenters. The van der Waals surface area contributed by atoms with Crippen molar-refractivity contribution in [3.63, 3.8) is 0 Å². The van der Waals surface area contributed by atoms with E-state index in [1.165, 1.54) is 0 Å². The molecule has 1 N–H and O–H groups in total. The zero-order valence-electron chi connectivity index (χ0n) is 20.7. The molecule has 1 aliphatic carbocycles. The van der Waals surface area contributed by atoms with Crippen LogP contribution in [0.2, 0.25) is 0 Å². The highest BCUT2D eigenvalue weighted by Crippen LogP contribution is 2.28. The number of aromatic nitrogens is 2. The SMILES string of the molecule is COCCCN(CC(=O)Nc1cc(C(C)(C)C)nn1-c1ccccc1C)C(=O)C1CCCC1. The predicted molar refractivity (Wildman–Crippen MR) is 131 cm³/mol. The van der Waals surface area contributed by atoms with Gasteiger partial charge in [0.1, 0.15) is 5.82 Å². The van der Waals surface area contributed by atoms with E-state index < -0.39 is 0 Å². The van der Waals surface area contributed by atoms with Gasteiger partial charge in [-0.2, -0.15) is 5.10 Å². The number of carbonyl (C=O) groups is 2. The number of aryl methyl sites for hydroxylation is 1. The van der Waals surface area contributed by atoms with Gasteiger partial charge >= 0.3 is 0 Å². The van der Waals surface area contributed by atoms with Crippen molar-refractivity contribution >= 4 is 17.6 Å². The first-order valence-corrected chi connectivity index (χ1v) is 11.9. The van der Waals surface area contributed by atoms with Crippen LogP contribution in [0, 0.1) is 12.8 Å². The maximum Gasteiger partial charge on any atom is 0.245 e. The Balaban J connectivity index is 1.81. The van der Waals surface area contributed by atoms with Gasteiger partial charge in [-0.3, -0.25) is 9.59 Å². The molecule has 1 aromatic carbocycles. The Labute approximate surface area is 197 Å². The van der Waals surface area contributed by atoms with E-state index in [9.17, 15) is 9.59 Å². The Kier molecular flexibility index (Phi) is 8.30. The fraction of sp³-hybridized carbons (Fsp3) is 0.577. The maximum atomic E-state index is 13.1. The molecule has 3 rings (SSSR count). The topological polar surface area (TPSA) is 76.5 Å². The van der Waals surface area contributed by atoms with Crippen molar-refractivity contribution in [2.75, 3.05) is 32.1 Å². The van der Waals surface area contributed by atoms with Gasteiger partial charge in [-0.1, -0.05) is 51.8 Å². The highest BCUT2D eigenvalue weighted by Gasteiger charge is 2.29. The highest BCUT2D eigenvalue weighted by molar-refractivity contribution is 5.94. The molecule has 1 heterocycles. The van der Waals surface area contributed by atoms with Crippen LogP contribution in [0.4, 0.5) is 5.82 Å². The summed E-state index contributed by atoms with van der Waals surface area (Å²) in [5.74, 6) is 0.519. The quantitative estimate of drug-likeness (QED) is 0.567. The van der Waals surface area contributed by atoms with Gasteiger partial charge in [-0.15, -0.1) is 0 Å². The van der Waals surface area contributed by atoms with Crippen molar-refractivity contribution in [3.8, 4) is 5.69 Å². The highest BCUT2D eigenvalue weighted by atomic mass is 16.5. The van der Waals surface area contributed by atoms with E-state index in [1.54, 1.807) is 16.7 Å². The number of nitrogens with zero attached hydrogens (tertiary/aromatic N) is 3. The van der Waals surface area contributed by atoms with Crippen LogP contribution in [0.3, 0.4) is 0 Å². The van der Waals surface area contributed by atoms with Gasteiger partial charge in [0.2, 0.25) is 11.8 Å². The molecule has 1 saturated carbocycles. The van der Waals surface area contributed by atoms with Crippen molar-refractivity contribution in [2.45, 2.75) is 65.2 Å². The number of anilines is 1. The lowest BCUT2D eigenvalue weighted by Gasteiger charge is -2.25. The van der Waals surface area contributed by atoms with E-state index in [1.807, 2.05) is 37.3 Å². The summed E-state index contributed by atoms with van der Waals surface area (Å²) < 4.78 is 6.95. The smallest absolute Gasteiger partial charge is 0.245 e. The van der Waals surface area contributed by atoms with Gasteiger partial charge in [0.25, 0.3) is 0 Å². The first-order chi connectivity index (χ1) is 15.7. The molecule has 0 aliphatic heterocycles. The number of hydrogen-bond donors (Lipinski definition) is 1. The summed E-state index contributed by atoms with van der Waals surface area (Å²) in [6.45, 7) is 9.43. The Hall–Kier alpha value is -2.67. The standard InChI is InChI=1S/C26H38N4O3/c1-19-11-6-9-14-21(19)30-23(17-22(28-30)26(2,3)4)27-24(31)18-29(15-10-16-33-5)25(32)20-12-7-8-13-20/h6,9,11,14,17,20H,7-8,10,12-13,15-16,18H2,1-5H3,(H,27,31). The fourth-order valence-electron chi connectivity index (χ4n) is 4.27. The summed E-state index contributed by atoms with van der Waals surface area (Å²) in [5, 5.41) is 7.84. The molecule has 0 saturated heterocycles. The number of carbonyl (C=O) groups excluding carboxylic acids is 2. The van der Waals surface area contributed by atoms with Crippen molar-refractivity contribution in [2.24, 2.45) is 5.92 Å². The minimum atomic E-state index is -0.214. The number of benzene rings is 1. The molecule has 1 aliphatic rings. The second kappa shape index (κ2) is 11.0. The first-order valence-electron chi connectivity index (χ1n) is 11.9. The van der Waals surface area contributed by atoms with Crippen LogP contribution < -0.4 is 5.32 Å². The third-order valence-corrected chi connectivity index (χ3v) is 6.22. The van der Waals surface area contributed by atoms with Crippen LogP contribution >= 0.6 is 0 Å². The Morgan fingerprint density at radius 2 is 1.91 bits per heavy atom. The summed E-state index contributed by atoms with van der Waals surface area (Å²) in [6, 6.07) is 9.89. The van der Waals surface area contributed by atoms with E-state index in [4.69, 9.17) is 9.84 Å². The van der Waals surface area contributed by atoms with Crippen molar-refractivity contribution in [3.05, 3.63) is 41.6 Å². The molecule has 0 spiro atoms. The average Bonchev–Trinajstić information content (AvgIpc) is 3.43. The number of ether oxygens (including phenoxy) is 1. The fourth-order valence-corrected chi connectivity index (χ4v) is 4.27. The zero-order chi connectivity index (χ0) is 24.0. The summed E-state index contributed by atoms with van der Waals surface area (Å²) in [5.41, 5.74) is 2.70. The van der Waals surface area contributed by atoms with Crippen LogP contribution in [0.15, 0.2) is 30.3 Å². The van der Waals surface area contributed by atoms with Gasteiger partial charge < -0.3 is 15.0 Å². The number of hydrogen-bond acceptors (Lipinski definition) is 4. The monoisotopic (exact) mass is 454 g/mol. The molecular weight excluding hydrogens is 416 g/mol. The number of methoxy groups -OCH3 is 1. The maximum absolute atomic E-state index is 13.1.